The highest BCUT2D eigenvalue weighted by Crippen LogP contribution is 2.31. The van der Waals surface area contributed by atoms with E-state index in [1.165, 1.54) is 0 Å². The van der Waals surface area contributed by atoms with Gasteiger partial charge in [-0.15, -0.1) is 0 Å². The first kappa shape index (κ1) is 11.0. The van der Waals surface area contributed by atoms with E-state index in [4.69, 9.17) is 0 Å². The lowest BCUT2D eigenvalue weighted by molar-refractivity contribution is 0.148. The topological polar surface area (TPSA) is 12.9 Å². The molecular weight excluding hydrogens is 315 g/mol. The van der Waals surface area contributed by atoms with Crippen LogP contribution in [0.25, 0.3) is 0 Å². The van der Waals surface area contributed by atoms with Crippen molar-refractivity contribution in [3.8, 4) is 0 Å². The molecule has 0 N–H and O–H groups in total. The van der Waals surface area contributed by atoms with Crippen molar-refractivity contribution in [3.05, 3.63) is 27.7 Å². The van der Waals surface area contributed by atoms with Gasteiger partial charge in [-0.2, -0.15) is 0 Å². The molecule has 0 saturated carbocycles. The van der Waals surface area contributed by atoms with Gasteiger partial charge in [-0.3, -0.25) is 0 Å². The van der Waals surface area contributed by atoms with E-state index < -0.39 is 17.8 Å². The van der Waals surface area contributed by atoms with Gasteiger partial charge in [-0.05, 0) is 15.9 Å². The maximum Gasteiger partial charge on any atom is 0.266 e. The fourth-order valence-electron chi connectivity index (χ4n) is 0.872. The minimum absolute atomic E-state index is 0.0154. The molecule has 1 aromatic rings. The van der Waals surface area contributed by atoms with Crippen molar-refractivity contribution < 1.29 is 13.2 Å². The molecule has 72 valence electrons. The van der Waals surface area contributed by atoms with Crippen LogP contribution in [-0.2, 0) is 5.33 Å². The highest BCUT2D eigenvalue weighted by molar-refractivity contribution is 9.10. The summed E-state index contributed by atoms with van der Waals surface area (Å²) in [5, 5.41) is 0.0413. The molecule has 0 radical (unpaired) electrons. The van der Waals surface area contributed by atoms with Crippen LogP contribution < -0.4 is 0 Å². The molecular formula is C7H4Br2F3N. The Kier molecular flexibility index (Phi) is 3.73. The van der Waals surface area contributed by atoms with Crippen molar-refractivity contribution in [2.75, 3.05) is 0 Å². The lowest BCUT2D eigenvalue weighted by Gasteiger charge is -2.08. The normalized spacial score (nSPS) is 10.9. The van der Waals surface area contributed by atoms with Crippen molar-refractivity contribution in [3.63, 3.8) is 0 Å². The Morgan fingerprint density at radius 2 is 2.08 bits per heavy atom. The second-order valence-corrected chi connectivity index (χ2v) is 3.54. The van der Waals surface area contributed by atoms with Gasteiger partial charge in [0.15, 0.2) is 0 Å². The Balaban J connectivity index is 3.35. The van der Waals surface area contributed by atoms with Crippen LogP contribution in [0, 0.1) is 5.82 Å². The summed E-state index contributed by atoms with van der Waals surface area (Å²) in [6.45, 7) is 0. The SMILES string of the molecule is Fc1cnc(Br)c(C(F)F)c1CBr. The number of aromatic nitrogens is 1. The zero-order chi connectivity index (χ0) is 10.0. The van der Waals surface area contributed by atoms with Gasteiger partial charge in [0.1, 0.15) is 10.4 Å². The first-order valence-corrected chi connectivity index (χ1v) is 5.16. The predicted molar refractivity (Wildman–Crippen MR) is 49.5 cm³/mol. The molecule has 1 rings (SSSR count). The van der Waals surface area contributed by atoms with Crippen LogP contribution in [0.5, 0.6) is 0 Å². The van der Waals surface area contributed by atoms with Gasteiger partial charge in [-0.1, -0.05) is 15.9 Å². The molecule has 0 aromatic carbocycles. The summed E-state index contributed by atoms with van der Waals surface area (Å²) in [5.74, 6) is -0.727. The third-order valence-electron chi connectivity index (χ3n) is 1.48. The summed E-state index contributed by atoms with van der Waals surface area (Å²) in [6.07, 6.45) is -1.82. The minimum atomic E-state index is -2.73. The number of pyridine rings is 1. The first-order valence-electron chi connectivity index (χ1n) is 3.24. The molecule has 0 fully saturated rings. The van der Waals surface area contributed by atoms with E-state index in [2.05, 4.69) is 36.8 Å². The molecule has 0 bridgehead atoms. The number of hydrogen-bond acceptors (Lipinski definition) is 1. The third kappa shape index (κ3) is 2.22. The monoisotopic (exact) mass is 317 g/mol. The van der Waals surface area contributed by atoms with Gasteiger partial charge in [0.05, 0.1) is 11.8 Å². The van der Waals surface area contributed by atoms with Gasteiger partial charge in [0.25, 0.3) is 6.43 Å². The van der Waals surface area contributed by atoms with Crippen LogP contribution in [0.4, 0.5) is 13.2 Å². The molecule has 0 saturated heterocycles. The molecule has 0 atom stereocenters. The molecule has 1 heterocycles. The highest BCUT2D eigenvalue weighted by Gasteiger charge is 2.20. The van der Waals surface area contributed by atoms with Gasteiger partial charge in [0, 0.05) is 10.9 Å². The summed E-state index contributed by atoms with van der Waals surface area (Å²) in [4.78, 5) is 3.45. The maximum atomic E-state index is 12.9. The fourth-order valence-corrected chi connectivity index (χ4v) is 1.96. The molecule has 6 heteroatoms. The van der Waals surface area contributed by atoms with E-state index in [1.807, 2.05) is 0 Å². The van der Waals surface area contributed by atoms with Crippen LogP contribution in [0.15, 0.2) is 10.8 Å². The van der Waals surface area contributed by atoms with Crippen molar-refractivity contribution in [1.82, 2.24) is 4.98 Å². The first-order chi connectivity index (χ1) is 6.07. The van der Waals surface area contributed by atoms with Crippen LogP contribution >= 0.6 is 31.9 Å². The molecule has 0 spiro atoms. The van der Waals surface area contributed by atoms with Crippen molar-refractivity contribution in [2.24, 2.45) is 0 Å². The molecule has 13 heavy (non-hydrogen) atoms. The van der Waals surface area contributed by atoms with Gasteiger partial charge in [0.2, 0.25) is 0 Å². The number of alkyl halides is 3. The largest absolute Gasteiger partial charge is 0.266 e. The Morgan fingerprint density at radius 1 is 1.46 bits per heavy atom. The number of hydrogen-bond donors (Lipinski definition) is 0. The van der Waals surface area contributed by atoms with Crippen LogP contribution in [0.1, 0.15) is 17.6 Å². The van der Waals surface area contributed by atoms with Gasteiger partial charge < -0.3 is 0 Å². The Morgan fingerprint density at radius 3 is 2.46 bits per heavy atom. The Bertz CT molecular complexity index is 317. The van der Waals surface area contributed by atoms with Crippen molar-refractivity contribution in [2.45, 2.75) is 11.8 Å². The van der Waals surface area contributed by atoms with Crippen LogP contribution in [-0.4, -0.2) is 4.98 Å². The summed E-state index contributed by atoms with van der Waals surface area (Å²) in [5.41, 5.74) is -0.450. The summed E-state index contributed by atoms with van der Waals surface area (Å²) in [7, 11) is 0. The Labute approximate surface area is 89.6 Å². The third-order valence-corrected chi connectivity index (χ3v) is 2.67. The average molecular weight is 319 g/mol. The summed E-state index contributed by atoms with van der Waals surface area (Å²) >= 11 is 5.78. The van der Waals surface area contributed by atoms with E-state index in [9.17, 15) is 13.2 Å². The minimum Gasteiger partial charge on any atom is -0.246 e. The molecule has 0 aliphatic rings. The lowest BCUT2D eigenvalue weighted by Crippen LogP contribution is -1.99. The zero-order valence-corrected chi connectivity index (χ0v) is 9.37. The van der Waals surface area contributed by atoms with E-state index >= 15 is 0 Å². The van der Waals surface area contributed by atoms with Gasteiger partial charge >= 0.3 is 0 Å². The molecule has 1 aromatic heterocycles. The second-order valence-electron chi connectivity index (χ2n) is 2.22. The summed E-state index contributed by atoms with van der Waals surface area (Å²) in [6, 6.07) is 0. The zero-order valence-electron chi connectivity index (χ0n) is 6.20. The number of halogens is 5. The smallest absolute Gasteiger partial charge is 0.246 e. The van der Waals surface area contributed by atoms with Gasteiger partial charge in [-0.25, -0.2) is 18.2 Å². The standard InChI is InChI=1S/C7H4Br2F3N/c8-1-3-4(10)2-13-6(9)5(3)7(11)12/h2,7H,1H2. The molecule has 0 unspecified atom stereocenters. The van der Waals surface area contributed by atoms with Crippen LogP contribution in [0.3, 0.4) is 0 Å². The maximum absolute atomic E-state index is 12.9. The molecule has 0 amide bonds. The number of rotatable bonds is 2. The van der Waals surface area contributed by atoms with E-state index in [0.717, 1.165) is 6.20 Å². The van der Waals surface area contributed by atoms with Crippen molar-refractivity contribution >= 4 is 31.9 Å². The number of nitrogens with zero attached hydrogens (tertiary/aromatic N) is 1. The molecule has 1 nitrogen and oxygen atoms in total. The predicted octanol–water partition coefficient (Wildman–Crippen LogP) is 3.82. The summed E-state index contributed by atoms with van der Waals surface area (Å²) < 4.78 is 37.7. The lowest BCUT2D eigenvalue weighted by atomic mass is 10.1. The average Bonchev–Trinajstić information content (AvgIpc) is 2.07. The quantitative estimate of drug-likeness (QED) is 0.597. The van der Waals surface area contributed by atoms with E-state index in [0.29, 0.717) is 0 Å². The highest BCUT2D eigenvalue weighted by atomic mass is 79.9. The molecule has 0 aliphatic heterocycles. The van der Waals surface area contributed by atoms with E-state index in [1.54, 1.807) is 0 Å². The van der Waals surface area contributed by atoms with Crippen molar-refractivity contribution in [1.29, 1.82) is 0 Å². The van der Waals surface area contributed by atoms with Crippen LogP contribution in [0.2, 0.25) is 0 Å². The fraction of sp³-hybridized carbons (Fsp3) is 0.286. The van der Waals surface area contributed by atoms with E-state index in [-0.39, 0.29) is 15.5 Å². The second kappa shape index (κ2) is 4.41. The molecule has 0 aliphatic carbocycles. The Hall–Kier alpha value is -0.100.